The summed E-state index contributed by atoms with van der Waals surface area (Å²) in [5.41, 5.74) is -0.0734. The smallest absolute Gasteiger partial charge is 0.333 e. The van der Waals surface area contributed by atoms with Crippen molar-refractivity contribution in [3.63, 3.8) is 0 Å². The molecule has 1 aromatic carbocycles. The van der Waals surface area contributed by atoms with Gasteiger partial charge in [-0.2, -0.15) is 0 Å². The molecule has 104 valence electrons. The van der Waals surface area contributed by atoms with Gasteiger partial charge in [-0.25, -0.2) is 4.79 Å². The van der Waals surface area contributed by atoms with Gasteiger partial charge in [-0.05, 0) is 26.5 Å². The summed E-state index contributed by atoms with van der Waals surface area (Å²) in [7, 11) is 2.99. The van der Waals surface area contributed by atoms with E-state index in [1.807, 2.05) is 6.07 Å². The van der Waals surface area contributed by atoms with E-state index in [9.17, 15) is 9.59 Å². The number of ether oxygens (including phenoxy) is 1. The normalized spacial score (nSPS) is 12.6. The third kappa shape index (κ3) is 3.79. The molecule has 19 heavy (non-hydrogen) atoms. The largest absolute Gasteiger partial charge is 0.467 e. The first-order valence-corrected chi connectivity index (χ1v) is 6.05. The van der Waals surface area contributed by atoms with E-state index in [1.54, 1.807) is 45.2 Å². The van der Waals surface area contributed by atoms with E-state index in [0.29, 0.717) is 5.56 Å². The van der Waals surface area contributed by atoms with Gasteiger partial charge in [0.05, 0.1) is 12.6 Å². The molecular formula is C14H20N2O3. The van der Waals surface area contributed by atoms with Gasteiger partial charge in [-0.15, -0.1) is 0 Å². The number of esters is 1. The average Bonchev–Trinajstić information content (AvgIpc) is 2.44. The summed E-state index contributed by atoms with van der Waals surface area (Å²) in [4.78, 5) is 23.9. The quantitative estimate of drug-likeness (QED) is 0.779. The highest BCUT2D eigenvalue weighted by atomic mass is 16.5. The van der Waals surface area contributed by atoms with Crippen LogP contribution in [0.2, 0.25) is 0 Å². The molecular weight excluding hydrogens is 244 g/mol. The van der Waals surface area contributed by atoms with E-state index < -0.39 is 17.6 Å². The van der Waals surface area contributed by atoms with Gasteiger partial charge in [0.25, 0.3) is 0 Å². The Kier molecular flexibility index (Phi) is 5.06. The Balaban J connectivity index is 2.95. The maximum absolute atomic E-state index is 12.1. The molecule has 5 nitrogen and oxygen atoms in total. The van der Waals surface area contributed by atoms with E-state index in [4.69, 9.17) is 4.74 Å². The van der Waals surface area contributed by atoms with Gasteiger partial charge in [-0.1, -0.05) is 30.3 Å². The molecule has 1 unspecified atom stereocenters. The minimum absolute atomic E-state index is 0.269. The van der Waals surface area contributed by atoms with Crippen molar-refractivity contribution in [3.8, 4) is 0 Å². The predicted molar refractivity (Wildman–Crippen MR) is 72.5 cm³/mol. The first-order valence-electron chi connectivity index (χ1n) is 6.05. The first kappa shape index (κ1) is 15.2. The molecule has 1 amide bonds. The summed E-state index contributed by atoms with van der Waals surface area (Å²) >= 11 is 0. The van der Waals surface area contributed by atoms with Gasteiger partial charge in [0.1, 0.15) is 0 Å². The minimum Gasteiger partial charge on any atom is -0.467 e. The number of hydrogen-bond acceptors (Lipinski definition) is 4. The lowest BCUT2D eigenvalue weighted by atomic mass is 10.0. The van der Waals surface area contributed by atoms with Crippen molar-refractivity contribution in [3.05, 3.63) is 35.9 Å². The highest BCUT2D eigenvalue weighted by Crippen LogP contribution is 2.15. The monoisotopic (exact) mass is 264 g/mol. The van der Waals surface area contributed by atoms with Crippen LogP contribution in [0.15, 0.2) is 30.3 Å². The van der Waals surface area contributed by atoms with Crippen LogP contribution in [0.1, 0.15) is 25.5 Å². The predicted octanol–water partition coefficient (Wildman–Crippen LogP) is 1.01. The highest BCUT2D eigenvalue weighted by Gasteiger charge is 2.31. The Morgan fingerprint density at radius 3 is 2.26 bits per heavy atom. The average molecular weight is 264 g/mol. The maximum atomic E-state index is 12.1. The van der Waals surface area contributed by atoms with Crippen molar-refractivity contribution in [1.29, 1.82) is 0 Å². The second kappa shape index (κ2) is 6.33. The Morgan fingerprint density at radius 2 is 1.79 bits per heavy atom. The molecule has 0 spiro atoms. The van der Waals surface area contributed by atoms with Crippen LogP contribution in [-0.4, -0.2) is 31.6 Å². The number of benzene rings is 1. The van der Waals surface area contributed by atoms with Gasteiger partial charge in [0, 0.05) is 0 Å². The lowest BCUT2D eigenvalue weighted by molar-refractivity contribution is -0.146. The van der Waals surface area contributed by atoms with Crippen molar-refractivity contribution < 1.29 is 14.3 Å². The fourth-order valence-corrected chi connectivity index (χ4v) is 1.47. The van der Waals surface area contributed by atoms with Crippen LogP contribution in [0.4, 0.5) is 0 Å². The van der Waals surface area contributed by atoms with Crippen molar-refractivity contribution in [2.45, 2.75) is 25.4 Å². The molecule has 0 radical (unpaired) electrons. The summed E-state index contributed by atoms with van der Waals surface area (Å²) < 4.78 is 4.74. The second-order valence-electron chi connectivity index (χ2n) is 4.72. The molecule has 2 N–H and O–H groups in total. The number of methoxy groups -OCH3 is 1. The van der Waals surface area contributed by atoms with E-state index in [0.717, 1.165) is 0 Å². The summed E-state index contributed by atoms with van der Waals surface area (Å²) in [6.07, 6.45) is 0. The molecule has 0 aliphatic heterocycles. The van der Waals surface area contributed by atoms with Crippen molar-refractivity contribution in [2.24, 2.45) is 0 Å². The van der Waals surface area contributed by atoms with Crippen molar-refractivity contribution in [2.75, 3.05) is 14.2 Å². The van der Waals surface area contributed by atoms with Gasteiger partial charge in [0.2, 0.25) is 5.91 Å². The Hall–Kier alpha value is -1.88. The van der Waals surface area contributed by atoms with Crippen LogP contribution in [0, 0.1) is 0 Å². The van der Waals surface area contributed by atoms with Crippen LogP contribution >= 0.6 is 0 Å². The molecule has 0 aromatic heterocycles. The van der Waals surface area contributed by atoms with Crippen molar-refractivity contribution >= 4 is 11.9 Å². The number of nitrogens with one attached hydrogen (secondary N) is 2. The Morgan fingerprint density at radius 1 is 1.21 bits per heavy atom. The number of amides is 1. The maximum Gasteiger partial charge on any atom is 0.333 e. The van der Waals surface area contributed by atoms with Gasteiger partial charge >= 0.3 is 5.97 Å². The Bertz CT molecular complexity index is 443. The lowest BCUT2D eigenvalue weighted by Crippen LogP contribution is -2.53. The number of likely N-dealkylation sites (N-methyl/N-ethyl adjacent to an activating group) is 1. The van der Waals surface area contributed by atoms with Gasteiger partial charge in [0.15, 0.2) is 6.04 Å². The standard InChI is InChI=1S/C14H20N2O3/c1-14(2,15-3)13(18)16-11(12(17)19-4)10-8-6-5-7-9-10/h5-9,11,15H,1-4H3,(H,16,18). The summed E-state index contributed by atoms with van der Waals surface area (Å²) in [6.45, 7) is 3.48. The van der Waals surface area contributed by atoms with Crippen LogP contribution in [0.25, 0.3) is 0 Å². The fraction of sp³-hybridized carbons (Fsp3) is 0.429. The molecule has 0 saturated carbocycles. The molecule has 5 heteroatoms. The van der Waals surface area contributed by atoms with E-state index >= 15 is 0 Å². The summed E-state index contributed by atoms with van der Waals surface area (Å²) in [5.74, 6) is -0.763. The third-order valence-corrected chi connectivity index (χ3v) is 3.04. The number of carbonyl (C=O) groups is 2. The topological polar surface area (TPSA) is 67.4 Å². The van der Waals surface area contributed by atoms with Crippen LogP contribution in [0.5, 0.6) is 0 Å². The van der Waals surface area contributed by atoms with E-state index in [-0.39, 0.29) is 5.91 Å². The van der Waals surface area contributed by atoms with Gasteiger partial charge < -0.3 is 15.4 Å². The Labute approximate surface area is 113 Å². The van der Waals surface area contributed by atoms with E-state index in [2.05, 4.69) is 10.6 Å². The first-order chi connectivity index (χ1) is 8.92. The SMILES string of the molecule is CNC(C)(C)C(=O)NC(C(=O)OC)c1ccccc1. The zero-order chi connectivity index (χ0) is 14.5. The van der Waals surface area contributed by atoms with Crippen LogP contribution in [0.3, 0.4) is 0 Å². The van der Waals surface area contributed by atoms with Gasteiger partial charge in [-0.3, -0.25) is 4.79 Å². The van der Waals surface area contributed by atoms with Crippen molar-refractivity contribution in [1.82, 2.24) is 10.6 Å². The summed E-state index contributed by atoms with van der Waals surface area (Å²) in [6, 6.07) is 8.20. The van der Waals surface area contributed by atoms with Crippen LogP contribution < -0.4 is 10.6 Å². The third-order valence-electron chi connectivity index (χ3n) is 3.04. The van der Waals surface area contributed by atoms with E-state index in [1.165, 1.54) is 7.11 Å². The molecule has 0 aliphatic rings. The lowest BCUT2D eigenvalue weighted by Gasteiger charge is -2.26. The molecule has 0 heterocycles. The molecule has 1 aromatic rings. The van der Waals surface area contributed by atoms with Crippen LogP contribution in [-0.2, 0) is 14.3 Å². The molecule has 0 saturated heterocycles. The second-order valence-corrected chi connectivity index (χ2v) is 4.72. The zero-order valence-corrected chi connectivity index (χ0v) is 11.7. The molecule has 0 fully saturated rings. The molecule has 1 rings (SSSR count). The highest BCUT2D eigenvalue weighted by molar-refractivity contribution is 5.90. The molecule has 1 atom stereocenters. The number of hydrogen-bond donors (Lipinski definition) is 2. The summed E-state index contributed by atoms with van der Waals surface area (Å²) in [5, 5.41) is 5.59. The molecule has 0 bridgehead atoms. The zero-order valence-electron chi connectivity index (χ0n) is 11.7. The fourth-order valence-electron chi connectivity index (χ4n) is 1.47. The number of carbonyl (C=O) groups excluding carboxylic acids is 2. The number of rotatable bonds is 5. The molecule has 0 aliphatic carbocycles. The minimum atomic E-state index is -0.800.